The molecule has 2 aromatic rings. The van der Waals surface area contributed by atoms with Crippen LogP contribution >= 0.6 is 27.5 Å². The second-order valence-electron chi connectivity index (χ2n) is 5.50. The van der Waals surface area contributed by atoms with Gasteiger partial charge in [0.05, 0.1) is 11.6 Å². The van der Waals surface area contributed by atoms with Gasteiger partial charge in [0.2, 0.25) is 11.8 Å². The summed E-state index contributed by atoms with van der Waals surface area (Å²) in [6.45, 7) is 0.265. The minimum Gasteiger partial charge on any atom is -0.323 e. The molecule has 124 valence electrons. The highest BCUT2D eigenvalue weighted by Gasteiger charge is 2.35. The summed E-state index contributed by atoms with van der Waals surface area (Å²) in [5.74, 6) is -1.65. The van der Waals surface area contributed by atoms with Crippen molar-refractivity contribution in [1.29, 1.82) is 0 Å². The zero-order valence-corrected chi connectivity index (χ0v) is 14.8. The molecule has 0 aromatic heterocycles. The second-order valence-corrected chi connectivity index (χ2v) is 6.85. The number of nitrogens with zero attached hydrogens (tertiary/aromatic N) is 1. The molecule has 0 saturated carbocycles. The van der Waals surface area contributed by atoms with E-state index in [9.17, 15) is 14.0 Å². The molecule has 0 radical (unpaired) electrons. The van der Waals surface area contributed by atoms with Gasteiger partial charge in [0, 0.05) is 28.1 Å². The van der Waals surface area contributed by atoms with Gasteiger partial charge < -0.3 is 10.2 Å². The number of carbonyl (C=O) groups is 2. The molecule has 0 unspecified atom stereocenters. The molecule has 1 aliphatic heterocycles. The van der Waals surface area contributed by atoms with Gasteiger partial charge in [0.15, 0.2) is 0 Å². The Morgan fingerprint density at radius 1 is 1.25 bits per heavy atom. The smallest absolute Gasteiger partial charge is 0.229 e. The fraction of sp³-hybridized carbons (Fsp3) is 0.176. The lowest BCUT2D eigenvalue weighted by Gasteiger charge is -2.17. The van der Waals surface area contributed by atoms with Crippen molar-refractivity contribution in [3.63, 3.8) is 0 Å². The lowest BCUT2D eigenvalue weighted by atomic mass is 10.1. The number of halogens is 3. The molecule has 24 heavy (non-hydrogen) atoms. The lowest BCUT2D eigenvalue weighted by Crippen LogP contribution is -2.28. The molecule has 0 aliphatic carbocycles. The van der Waals surface area contributed by atoms with E-state index in [-0.39, 0.29) is 35.5 Å². The predicted molar refractivity (Wildman–Crippen MR) is 94.6 cm³/mol. The van der Waals surface area contributed by atoms with Gasteiger partial charge in [0.25, 0.3) is 0 Å². The largest absolute Gasteiger partial charge is 0.323 e. The van der Waals surface area contributed by atoms with Crippen molar-refractivity contribution in [3.8, 4) is 0 Å². The quantitative estimate of drug-likeness (QED) is 0.821. The van der Waals surface area contributed by atoms with E-state index in [0.29, 0.717) is 0 Å². The number of carbonyl (C=O) groups excluding carboxylic acids is 2. The summed E-state index contributed by atoms with van der Waals surface area (Å²) >= 11 is 9.03. The number of anilines is 2. The Labute approximate surface area is 151 Å². The van der Waals surface area contributed by atoms with E-state index >= 15 is 0 Å². The zero-order valence-electron chi connectivity index (χ0n) is 12.4. The lowest BCUT2D eigenvalue weighted by molar-refractivity contribution is -0.122. The van der Waals surface area contributed by atoms with Crippen molar-refractivity contribution in [1.82, 2.24) is 0 Å². The summed E-state index contributed by atoms with van der Waals surface area (Å²) in [5.41, 5.74) is 0.787. The molecule has 1 N–H and O–H groups in total. The van der Waals surface area contributed by atoms with Crippen molar-refractivity contribution < 1.29 is 14.0 Å². The summed E-state index contributed by atoms with van der Waals surface area (Å²) in [4.78, 5) is 26.1. The highest BCUT2D eigenvalue weighted by molar-refractivity contribution is 9.10. The first kappa shape index (κ1) is 16.9. The third-order valence-corrected chi connectivity index (χ3v) is 4.59. The normalized spacial score (nSPS) is 17.2. The minimum absolute atomic E-state index is 0.0546. The van der Waals surface area contributed by atoms with E-state index in [0.717, 1.165) is 16.2 Å². The Hall–Kier alpha value is -1.92. The average molecular weight is 412 g/mol. The van der Waals surface area contributed by atoms with Crippen LogP contribution in [0.15, 0.2) is 46.9 Å². The molecular weight excluding hydrogens is 399 g/mol. The van der Waals surface area contributed by atoms with Gasteiger partial charge >= 0.3 is 0 Å². The fourth-order valence-electron chi connectivity index (χ4n) is 2.58. The van der Waals surface area contributed by atoms with Crippen LogP contribution in [0.4, 0.5) is 15.8 Å². The SMILES string of the molecule is O=C(Nc1ccc(Cl)cc1F)[C@@H]1CC(=O)N(c2ccc(Br)cc2)C1. The van der Waals surface area contributed by atoms with Gasteiger partial charge in [-0.25, -0.2) is 4.39 Å². The maximum Gasteiger partial charge on any atom is 0.229 e. The summed E-state index contributed by atoms with van der Waals surface area (Å²) < 4.78 is 14.7. The highest BCUT2D eigenvalue weighted by atomic mass is 79.9. The van der Waals surface area contributed by atoms with Gasteiger partial charge in [-0.2, -0.15) is 0 Å². The minimum atomic E-state index is -0.607. The first-order chi connectivity index (χ1) is 11.4. The van der Waals surface area contributed by atoms with Crippen molar-refractivity contribution in [3.05, 3.63) is 57.8 Å². The van der Waals surface area contributed by atoms with Crippen molar-refractivity contribution >= 4 is 50.7 Å². The van der Waals surface area contributed by atoms with Crippen LogP contribution < -0.4 is 10.2 Å². The number of benzene rings is 2. The Balaban J connectivity index is 1.70. The summed E-state index contributed by atoms with van der Waals surface area (Å²) in [7, 11) is 0. The van der Waals surface area contributed by atoms with Crippen LogP contribution in [-0.4, -0.2) is 18.4 Å². The van der Waals surface area contributed by atoms with E-state index in [1.54, 1.807) is 17.0 Å². The molecule has 2 aromatic carbocycles. The van der Waals surface area contributed by atoms with Crippen molar-refractivity contribution in [2.24, 2.45) is 5.92 Å². The molecule has 1 atom stereocenters. The molecule has 0 spiro atoms. The Kier molecular flexibility index (Phi) is 4.87. The summed E-state index contributed by atoms with van der Waals surface area (Å²) in [5, 5.41) is 2.77. The molecular formula is C17H13BrClFN2O2. The van der Waals surface area contributed by atoms with Crippen LogP contribution in [0.3, 0.4) is 0 Å². The second kappa shape index (κ2) is 6.91. The maximum absolute atomic E-state index is 13.8. The molecule has 7 heteroatoms. The van der Waals surface area contributed by atoms with E-state index in [2.05, 4.69) is 21.2 Å². The van der Waals surface area contributed by atoms with Gasteiger partial charge in [-0.1, -0.05) is 27.5 Å². The monoisotopic (exact) mass is 410 g/mol. The Morgan fingerprint density at radius 2 is 1.96 bits per heavy atom. The topological polar surface area (TPSA) is 49.4 Å². The third kappa shape index (κ3) is 3.60. The number of nitrogens with one attached hydrogen (secondary N) is 1. The van der Waals surface area contributed by atoms with Crippen LogP contribution in [0, 0.1) is 11.7 Å². The van der Waals surface area contributed by atoms with Gasteiger partial charge in [-0.15, -0.1) is 0 Å². The van der Waals surface area contributed by atoms with E-state index < -0.39 is 11.7 Å². The Bertz CT molecular complexity index is 798. The molecule has 1 aliphatic rings. The number of amides is 2. The van der Waals surface area contributed by atoms with E-state index in [1.165, 1.54) is 12.1 Å². The molecule has 2 amide bonds. The Morgan fingerprint density at radius 3 is 2.62 bits per heavy atom. The molecule has 0 bridgehead atoms. The van der Waals surface area contributed by atoms with Crippen LogP contribution in [0.1, 0.15) is 6.42 Å². The number of rotatable bonds is 3. The van der Waals surface area contributed by atoms with Gasteiger partial charge in [-0.3, -0.25) is 9.59 Å². The average Bonchev–Trinajstić information content (AvgIpc) is 2.93. The molecule has 4 nitrogen and oxygen atoms in total. The molecule has 3 rings (SSSR count). The van der Waals surface area contributed by atoms with Crippen LogP contribution in [0.25, 0.3) is 0 Å². The summed E-state index contributed by atoms with van der Waals surface area (Å²) in [6, 6.07) is 11.3. The summed E-state index contributed by atoms with van der Waals surface area (Å²) in [6.07, 6.45) is 0.0944. The van der Waals surface area contributed by atoms with Crippen LogP contribution in [0.2, 0.25) is 5.02 Å². The highest BCUT2D eigenvalue weighted by Crippen LogP contribution is 2.28. The fourth-order valence-corrected chi connectivity index (χ4v) is 3.00. The number of hydrogen-bond donors (Lipinski definition) is 1. The maximum atomic E-state index is 13.8. The first-order valence-electron chi connectivity index (χ1n) is 7.26. The van der Waals surface area contributed by atoms with Gasteiger partial charge in [-0.05, 0) is 42.5 Å². The molecule has 1 saturated heterocycles. The van der Waals surface area contributed by atoms with Crippen LogP contribution in [0.5, 0.6) is 0 Å². The molecule has 1 fully saturated rings. The van der Waals surface area contributed by atoms with Crippen LogP contribution in [-0.2, 0) is 9.59 Å². The van der Waals surface area contributed by atoms with E-state index in [1.807, 2.05) is 12.1 Å². The standard InChI is InChI=1S/C17H13BrClFN2O2/c18-11-1-4-13(5-2-11)22-9-10(7-16(22)23)17(24)21-15-6-3-12(19)8-14(15)20/h1-6,8,10H,7,9H2,(H,21,24)/t10-/m1/s1. The van der Waals surface area contributed by atoms with Gasteiger partial charge in [0.1, 0.15) is 5.82 Å². The third-order valence-electron chi connectivity index (χ3n) is 3.82. The number of hydrogen-bond acceptors (Lipinski definition) is 2. The van der Waals surface area contributed by atoms with Crippen molar-refractivity contribution in [2.45, 2.75) is 6.42 Å². The predicted octanol–water partition coefficient (Wildman–Crippen LogP) is 4.23. The first-order valence-corrected chi connectivity index (χ1v) is 8.43. The molecule has 1 heterocycles. The van der Waals surface area contributed by atoms with E-state index in [4.69, 9.17) is 11.6 Å². The van der Waals surface area contributed by atoms with Crippen molar-refractivity contribution in [2.75, 3.05) is 16.8 Å². The zero-order chi connectivity index (χ0) is 17.3.